The molecule has 0 bridgehead atoms. The summed E-state index contributed by atoms with van der Waals surface area (Å²) in [6.07, 6.45) is 7.08. The quantitative estimate of drug-likeness (QED) is 0.667. The average Bonchev–Trinajstić information content (AvgIpc) is 3.23. The third kappa shape index (κ3) is 4.98. The van der Waals surface area contributed by atoms with Gasteiger partial charge in [0, 0.05) is 49.9 Å². The zero-order valence-electron chi connectivity index (χ0n) is 18.5. The van der Waals surface area contributed by atoms with E-state index < -0.39 is 0 Å². The summed E-state index contributed by atoms with van der Waals surface area (Å²) in [5.41, 5.74) is 0.727. The van der Waals surface area contributed by atoms with Crippen molar-refractivity contribution in [3.63, 3.8) is 0 Å². The van der Waals surface area contributed by atoms with Crippen LogP contribution < -0.4 is 4.74 Å². The predicted octanol–water partition coefficient (Wildman–Crippen LogP) is 2.76. The molecule has 0 spiro atoms. The lowest BCUT2D eigenvalue weighted by Gasteiger charge is -2.37. The Kier molecular flexibility index (Phi) is 6.70. The lowest BCUT2D eigenvalue weighted by Crippen LogP contribution is -2.46. The number of carbonyl (C=O) groups excluding carboxylic acids is 2. The Labute approximate surface area is 184 Å². The number of likely N-dealkylation sites (tertiary alicyclic amines) is 2. The van der Waals surface area contributed by atoms with Crippen LogP contribution in [-0.2, 0) is 18.4 Å². The van der Waals surface area contributed by atoms with E-state index in [1.807, 2.05) is 48.6 Å². The normalized spacial score (nSPS) is 18.8. The summed E-state index contributed by atoms with van der Waals surface area (Å²) in [5.74, 6) is 2.36. The van der Waals surface area contributed by atoms with Crippen LogP contribution in [0.15, 0.2) is 36.7 Å². The first-order chi connectivity index (χ1) is 15.0. The second kappa shape index (κ2) is 9.64. The Morgan fingerprint density at radius 2 is 1.65 bits per heavy atom. The molecule has 1 aromatic heterocycles. The van der Waals surface area contributed by atoms with Crippen molar-refractivity contribution in [2.75, 3.05) is 33.3 Å². The number of amides is 1. The van der Waals surface area contributed by atoms with Gasteiger partial charge in [0.2, 0.25) is 5.91 Å². The molecule has 0 saturated carbocycles. The van der Waals surface area contributed by atoms with Gasteiger partial charge >= 0.3 is 0 Å². The van der Waals surface area contributed by atoms with Gasteiger partial charge in [-0.1, -0.05) is 0 Å². The maximum Gasteiger partial charge on any atom is 0.225 e. The van der Waals surface area contributed by atoms with E-state index in [-0.39, 0.29) is 23.5 Å². The summed E-state index contributed by atoms with van der Waals surface area (Å²) in [5, 5.41) is 0. The van der Waals surface area contributed by atoms with E-state index >= 15 is 0 Å². The van der Waals surface area contributed by atoms with Crippen molar-refractivity contribution >= 4 is 11.7 Å². The van der Waals surface area contributed by atoms with E-state index in [0.717, 1.165) is 62.5 Å². The minimum atomic E-state index is -0.00271. The van der Waals surface area contributed by atoms with E-state index in [9.17, 15) is 9.59 Å². The Balaban J connectivity index is 1.24. The predicted molar refractivity (Wildman–Crippen MR) is 118 cm³/mol. The number of imidazole rings is 1. The average molecular weight is 425 g/mol. The first-order valence-corrected chi connectivity index (χ1v) is 11.2. The third-order valence-corrected chi connectivity index (χ3v) is 6.77. The Bertz CT molecular complexity index is 892. The Morgan fingerprint density at radius 1 is 1.00 bits per heavy atom. The van der Waals surface area contributed by atoms with Gasteiger partial charge in [-0.2, -0.15) is 0 Å². The van der Waals surface area contributed by atoms with Gasteiger partial charge in [0.1, 0.15) is 11.6 Å². The molecule has 0 aliphatic carbocycles. The number of Topliss-reactive ketones (excluding diaryl/α,β-unsaturated/α-hetero) is 1. The van der Waals surface area contributed by atoms with Crippen molar-refractivity contribution in [2.24, 2.45) is 18.9 Å². The maximum atomic E-state index is 13.0. The number of ketones is 1. The molecule has 3 heterocycles. The van der Waals surface area contributed by atoms with Gasteiger partial charge < -0.3 is 14.2 Å². The fraction of sp³-hybridized carbons (Fsp3) is 0.542. The zero-order valence-corrected chi connectivity index (χ0v) is 18.5. The highest BCUT2D eigenvalue weighted by Gasteiger charge is 2.33. The summed E-state index contributed by atoms with van der Waals surface area (Å²) in [7, 11) is 3.63. The summed E-state index contributed by atoms with van der Waals surface area (Å²) in [6.45, 7) is 4.05. The van der Waals surface area contributed by atoms with Gasteiger partial charge in [-0.05, 0) is 63.0 Å². The van der Waals surface area contributed by atoms with Crippen molar-refractivity contribution in [2.45, 2.75) is 32.2 Å². The minimum absolute atomic E-state index is 0.00271. The van der Waals surface area contributed by atoms with Crippen molar-refractivity contribution in [1.82, 2.24) is 19.4 Å². The van der Waals surface area contributed by atoms with Crippen LogP contribution in [0, 0.1) is 11.8 Å². The van der Waals surface area contributed by atoms with E-state index in [1.54, 1.807) is 7.11 Å². The van der Waals surface area contributed by atoms with Crippen LogP contribution in [0.4, 0.5) is 0 Å². The van der Waals surface area contributed by atoms with Gasteiger partial charge in [-0.3, -0.25) is 14.5 Å². The molecular formula is C24H32N4O3. The van der Waals surface area contributed by atoms with E-state index in [2.05, 4.69) is 14.5 Å². The number of benzene rings is 1. The minimum Gasteiger partial charge on any atom is -0.497 e. The molecule has 1 aromatic carbocycles. The highest BCUT2D eigenvalue weighted by molar-refractivity contribution is 5.98. The number of aryl methyl sites for hydroxylation is 1. The molecule has 4 rings (SSSR count). The van der Waals surface area contributed by atoms with Gasteiger partial charge in [0.25, 0.3) is 0 Å². The topological polar surface area (TPSA) is 67.7 Å². The molecule has 31 heavy (non-hydrogen) atoms. The van der Waals surface area contributed by atoms with Crippen LogP contribution in [0.25, 0.3) is 0 Å². The van der Waals surface area contributed by atoms with Crippen molar-refractivity contribution in [3.05, 3.63) is 48.0 Å². The maximum absolute atomic E-state index is 13.0. The molecule has 0 N–H and O–H groups in total. The number of hydrogen-bond donors (Lipinski definition) is 0. The molecule has 0 atom stereocenters. The molecule has 166 valence electrons. The van der Waals surface area contributed by atoms with Gasteiger partial charge in [-0.25, -0.2) is 4.98 Å². The third-order valence-electron chi connectivity index (χ3n) is 6.77. The molecule has 0 radical (unpaired) electrons. The van der Waals surface area contributed by atoms with Crippen LogP contribution in [0.2, 0.25) is 0 Å². The summed E-state index contributed by atoms with van der Waals surface area (Å²) in [4.78, 5) is 34.6. The van der Waals surface area contributed by atoms with E-state index in [1.165, 1.54) is 0 Å². The van der Waals surface area contributed by atoms with Crippen molar-refractivity contribution in [1.29, 1.82) is 0 Å². The smallest absolute Gasteiger partial charge is 0.225 e. The summed E-state index contributed by atoms with van der Waals surface area (Å²) >= 11 is 0. The number of rotatable bonds is 6. The Hall–Kier alpha value is -2.67. The monoisotopic (exact) mass is 424 g/mol. The molecule has 7 nitrogen and oxygen atoms in total. The molecule has 1 amide bonds. The van der Waals surface area contributed by atoms with Crippen LogP contribution >= 0.6 is 0 Å². The molecule has 2 aliphatic heterocycles. The molecule has 7 heteroatoms. The molecule has 2 aliphatic rings. The van der Waals surface area contributed by atoms with E-state index in [0.29, 0.717) is 13.1 Å². The van der Waals surface area contributed by atoms with Crippen molar-refractivity contribution < 1.29 is 14.3 Å². The van der Waals surface area contributed by atoms with Crippen LogP contribution in [0.3, 0.4) is 0 Å². The number of methoxy groups -OCH3 is 1. The SMILES string of the molecule is COc1ccc(C(=O)C2CCN(C(=O)C3CCN(Cc4nccn4C)CC3)CC2)cc1. The second-order valence-electron chi connectivity index (χ2n) is 8.70. The number of carbonyl (C=O) groups is 2. The van der Waals surface area contributed by atoms with Crippen LogP contribution in [0.5, 0.6) is 5.75 Å². The Morgan fingerprint density at radius 3 is 2.23 bits per heavy atom. The van der Waals surface area contributed by atoms with Gasteiger partial charge in [-0.15, -0.1) is 0 Å². The van der Waals surface area contributed by atoms with E-state index in [4.69, 9.17) is 4.74 Å². The fourth-order valence-corrected chi connectivity index (χ4v) is 4.70. The highest BCUT2D eigenvalue weighted by atomic mass is 16.5. The first-order valence-electron chi connectivity index (χ1n) is 11.2. The molecule has 0 unspecified atom stereocenters. The summed E-state index contributed by atoms with van der Waals surface area (Å²) < 4.78 is 7.22. The first kappa shape index (κ1) is 21.6. The molecule has 2 saturated heterocycles. The van der Waals surface area contributed by atoms with Crippen LogP contribution in [-0.4, -0.2) is 64.3 Å². The fourth-order valence-electron chi connectivity index (χ4n) is 4.70. The number of nitrogens with zero attached hydrogens (tertiary/aromatic N) is 4. The lowest BCUT2D eigenvalue weighted by atomic mass is 9.87. The number of hydrogen-bond acceptors (Lipinski definition) is 5. The zero-order chi connectivity index (χ0) is 21.8. The number of piperidine rings is 2. The van der Waals surface area contributed by atoms with Gasteiger partial charge in [0.05, 0.1) is 13.7 Å². The number of ether oxygens (including phenoxy) is 1. The standard InChI is InChI=1S/C24H32N4O3/c1-26-16-11-25-22(26)17-27-12-7-20(8-13-27)24(30)28-14-9-19(10-15-28)23(29)18-3-5-21(31-2)6-4-18/h3-6,11,16,19-20H,7-10,12-15,17H2,1-2H3. The molecule has 2 fully saturated rings. The second-order valence-corrected chi connectivity index (χ2v) is 8.70. The molecular weight excluding hydrogens is 392 g/mol. The largest absolute Gasteiger partial charge is 0.497 e. The molecule has 2 aromatic rings. The lowest BCUT2D eigenvalue weighted by molar-refractivity contribution is -0.138. The van der Waals surface area contributed by atoms with Gasteiger partial charge in [0.15, 0.2) is 5.78 Å². The highest BCUT2D eigenvalue weighted by Crippen LogP contribution is 2.26. The van der Waals surface area contributed by atoms with Crippen LogP contribution in [0.1, 0.15) is 41.9 Å². The summed E-state index contributed by atoms with van der Waals surface area (Å²) in [6, 6.07) is 7.31. The van der Waals surface area contributed by atoms with Crippen molar-refractivity contribution in [3.8, 4) is 5.75 Å². The number of aromatic nitrogens is 2.